The average molecular weight is 1030 g/mol. The maximum absolute atomic E-state index is 2.61. The van der Waals surface area contributed by atoms with Gasteiger partial charge in [-0.3, -0.25) is 0 Å². The van der Waals surface area contributed by atoms with Crippen LogP contribution in [-0.2, 0) is 10.8 Å². The van der Waals surface area contributed by atoms with E-state index in [4.69, 9.17) is 0 Å². The van der Waals surface area contributed by atoms with Crippen molar-refractivity contribution in [1.29, 1.82) is 0 Å². The van der Waals surface area contributed by atoms with Crippen molar-refractivity contribution in [1.82, 2.24) is 0 Å². The fourth-order valence-electron chi connectivity index (χ4n) is 17.0. The van der Waals surface area contributed by atoms with Crippen molar-refractivity contribution in [3.63, 3.8) is 0 Å². The fourth-order valence-corrected chi connectivity index (χ4v) is 17.0. The Labute approximate surface area is 475 Å². The molecule has 0 aromatic heterocycles. The molecule has 4 atom stereocenters. The van der Waals surface area contributed by atoms with Crippen molar-refractivity contribution in [2.75, 3.05) is 0 Å². The van der Waals surface area contributed by atoms with Gasteiger partial charge >= 0.3 is 0 Å². The first-order valence-corrected chi connectivity index (χ1v) is 29.9. The third-order valence-electron chi connectivity index (χ3n) is 21.6. The minimum absolute atomic E-state index is 0.0861. The summed E-state index contributed by atoms with van der Waals surface area (Å²) >= 11 is 0. The predicted molar refractivity (Wildman–Crippen MR) is 345 cm³/mol. The van der Waals surface area contributed by atoms with Crippen LogP contribution in [0.4, 0.5) is 0 Å². The van der Waals surface area contributed by atoms with Gasteiger partial charge in [-0.05, 0) is 146 Å². The second kappa shape index (κ2) is 18.8. The highest BCUT2D eigenvalue weighted by atomic mass is 14.5. The summed E-state index contributed by atoms with van der Waals surface area (Å²) in [6.45, 7) is 11.2. The SMILES string of the molecule is CC12CCCCC1(C)c1cc(-c3ccc4c(-c5ccc(-c6ccccc6)cc5)c5cc(-c6ccc7c(c6)C6(C)CCCCC6(C)B7c6ccccc6)ccc5c(-c5ccc(-c6ccccc6)cc5)c4c3)ccc1B2c1ccccc1. The molecule has 4 aliphatic rings. The summed E-state index contributed by atoms with van der Waals surface area (Å²) in [5.41, 5.74) is 24.3. The fraction of sp³-hybridized carbons (Fsp3) is 0.205. The highest BCUT2D eigenvalue weighted by Crippen LogP contribution is 2.64. The molecule has 2 saturated carbocycles. The van der Waals surface area contributed by atoms with Crippen molar-refractivity contribution in [2.45, 2.75) is 101 Å². The van der Waals surface area contributed by atoms with E-state index in [9.17, 15) is 0 Å². The molecule has 4 unspecified atom stereocenters. The van der Waals surface area contributed by atoms with Crippen LogP contribution in [0.1, 0.15) is 90.2 Å². The summed E-state index contributed by atoms with van der Waals surface area (Å²) in [5.74, 6) is 0. The highest BCUT2D eigenvalue weighted by Gasteiger charge is 2.61. The van der Waals surface area contributed by atoms with Crippen molar-refractivity contribution < 1.29 is 0 Å². The van der Waals surface area contributed by atoms with Crippen molar-refractivity contribution >= 4 is 56.8 Å². The Morgan fingerprint density at radius 2 is 0.562 bits per heavy atom. The van der Waals surface area contributed by atoms with Gasteiger partial charge in [-0.25, -0.2) is 0 Å². The van der Waals surface area contributed by atoms with E-state index in [1.807, 2.05) is 0 Å². The Kier molecular flexibility index (Phi) is 11.6. The second-order valence-electron chi connectivity index (χ2n) is 25.4. The molecule has 11 aromatic carbocycles. The lowest BCUT2D eigenvalue weighted by Gasteiger charge is -2.48. The van der Waals surface area contributed by atoms with Gasteiger partial charge in [0.05, 0.1) is 0 Å². The van der Waals surface area contributed by atoms with Crippen LogP contribution in [0.3, 0.4) is 0 Å². The smallest absolute Gasteiger partial charge is 0.0735 e. The molecule has 0 radical (unpaired) electrons. The van der Waals surface area contributed by atoms with Crippen LogP contribution in [0.5, 0.6) is 0 Å². The first-order chi connectivity index (χ1) is 39.1. The van der Waals surface area contributed by atoms with Gasteiger partial charge < -0.3 is 0 Å². The van der Waals surface area contributed by atoms with E-state index in [-0.39, 0.29) is 21.5 Å². The van der Waals surface area contributed by atoms with Crippen molar-refractivity contribution in [3.8, 4) is 66.8 Å². The van der Waals surface area contributed by atoms with Crippen LogP contribution in [0.25, 0.3) is 88.3 Å². The molecule has 0 saturated heterocycles. The molecule has 386 valence electrons. The van der Waals surface area contributed by atoms with E-state index < -0.39 is 0 Å². The lowest BCUT2D eigenvalue weighted by atomic mass is 9.26. The lowest BCUT2D eigenvalue weighted by Crippen LogP contribution is -2.51. The minimum atomic E-state index is 0.0861. The summed E-state index contributed by atoms with van der Waals surface area (Å²) < 4.78 is 0. The van der Waals surface area contributed by atoms with Gasteiger partial charge in [-0.1, -0.05) is 319 Å². The molecule has 2 aliphatic carbocycles. The largest absolute Gasteiger partial charge is 0.216 e. The molecule has 0 N–H and O–H groups in total. The summed E-state index contributed by atoms with van der Waals surface area (Å²) in [6.07, 6.45) is 10.1. The van der Waals surface area contributed by atoms with Crippen LogP contribution < -0.4 is 21.9 Å². The molecule has 11 aromatic rings. The van der Waals surface area contributed by atoms with Crippen LogP contribution >= 0.6 is 0 Å². The zero-order chi connectivity index (χ0) is 53.8. The molecule has 15 rings (SSSR count). The van der Waals surface area contributed by atoms with E-state index in [1.165, 1.54) is 162 Å². The van der Waals surface area contributed by atoms with Crippen molar-refractivity contribution in [2.24, 2.45) is 0 Å². The van der Waals surface area contributed by atoms with Gasteiger partial charge in [0.15, 0.2) is 0 Å². The summed E-state index contributed by atoms with van der Waals surface area (Å²) in [5, 5.41) is 5.41. The van der Waals surface area contributed by atoms with E-state index in [0.29, 0.717) is 13.4 Å². The number of benzene rings is 11. The number of fused-ring (bicyclic) bond motifs is 8. The minimum Gasteiger partial charge on any atom is -0.0735 e. The van der Waals surface area contributed by atoms with E-state index >= 15 is 0 Å². The quantitative estimate of drug-likeness (QED) is 0.105. The third-order valence-corrected chi connectivity index (χ3v) is 21.6. The normalized spacial score (nSPS) is 22.0. The first-order valence-electron chi connectivity index (χ1n) is 29.9. The standard InChI is InChI=1S/C78H68B2/c1-75-45-17-19-47-77(75,3)79(63-25-13-7-14-26-63)71-43-39-61(51-69(71)75)59-37-41-65-67(49-59)73(57-33-29-55(30-34-57)53-21-9-5-10-22-53)66-42-38-60(50-68(66)74(65)58-35-31-56(32-36-58)54-23-11-6-12-24-54)62-40-44-72-70(52-62)76(2)46-18-20-48-78(76,4)80(72)64-27-15-8-16-28-64/h5-16,21-44,49-52H,17-20,45-48H2,1-4H3. The molecule has 2 heteroatoms. The summed E-state index contributed by atoms with van der Waals surface area (Å²) in [6, 6.07) is 93.3. The monoisotopic (exact) mass is 1030 g/mol. The molecule has 0 bridgehead atoms. The molecule has 2 fully saturated rings. The Morgan fingerprint density at radius 3 is 0.950 bits per heavy atom. The zero-order valence-electron chi connectivity index (χ0n) is 46.9. The van der Waals surface area contributed by atoms with E-state index in [0.717, 1.165) is 0 Å². The molecule has 0 amide bonds. The maximum atomic E-state index is 2.61. The van der Waals surface area contributed by atoms with Crippen LogP contribution in [0.2, 0.25) is 10.6 Å². The average Bonchev–Trinajstić information content (AvgIpc) is 4.06. The van der Waals surface area contributed by atoms with Crippen LogP contribution in [-0.4, -0.2) is 13.4 Å². The Morgan fingerprint density at radius 1 is 0.263 bits per heavy atom. The summed E-state index contributed by atoms with van der Waals surface area (Å²) in [4.78, 5) is 0. The Hall–Kier alpha value is -7.93. The predicted octanol–water partition coefficient (Wildman–Crippen LogP) is 18.4. The Balaban J connectivity index is 0.955. The number of rotatable bonds is 8. The molecule has 0 nitrogen and oxygen atoms in total. The molecular weight excluding hydrogens is 958 g/mol. The number of hydrogen-bond donors (Lipinski definition) is 0. The van der Waals surface area contributed by atoms with Gasteiger partial charge in [-0.2, -0.15) is 0 Å². The van der Waals surface area contributed by atoms with Gasteiger partial charge in [0, 0.05) is 0 Å². The summed E-state index contributed by atoms with van der Waals surface area (Å²) in [7, 11) is 0. The Bertz CT molecular complexity index is 3890. The lowest BCUT2D eigenvalue weighted by molar-refractivity contribution is 0.243. The second-order valence-corrected chi connectivity index (χ2v) is 25.4. The van der Waals surface area contributed by atoms with E-state index in [1.54, 1.807) is 11.1 Å². The van der Waals surface area contributed by atoms with Gasteiger partial charge in [0.25, 0.3) is 0 Å². The molecular formula is C78H68B2. The molecule has 2 aliphatic heterocycles. The van der Waals surface area contributed by atoms with Gasteiger partial charge in [0.1, 0.15) is 0 Å². The molecule has 0 spiro atoms. The highest BCUT2D eigenvalue weighted by molar-refractivity contribution is 6.90. The topological polar surface area (TPSA) is 0 Å². The van der Waals surface area contributed by atoms with Crippen molar-refractivity contribution in [3.05, 3.63) is 254 Å². The van der Waals surface area contributed by atoms with Crippen LogP contribution in [0, 0.1) is 0 Å². The molecule has 2 heterocycles. The zero-order valence-corrected chi connectivity index (χ0v) is 46.9. The van der Waals surface area contributed by atoms with Crippen LogP contribution in [0.15, 0.2) is 243 Å². The maximum Gasteiger partial charge on any atom is 0.216 e. The van der Waals surface area contributed by atoms with E-state index in [2.05, 4.69) is 270 Å². The third kappa shape index (κ3) is 7.43. The van der Waals surface area contributed by atoms with Gasteiger partial charge in [0.2, 0.25) is 13.4 Å². The molecule has 80 heavy (non-hydrogen) atoms. The van der Waals surface area contributed by atoms with Gasteiger partial charge in [-0.15, -0.1) is 0 Å². The number of hydrogen-bond acceptors (Lipinski definition) is 0. The first kappa shape index (κ1) is 49.1.